The van der Waals surface area contributed by atoms with Crippen LogP contribution in [0.5, 0.6) is 5.75 Å². The van der Waals surface area contributed by atoms with Gasteiger partial charge in [-0.25, -0.2) is 9.18 Å². The molecule has 0 heterocycles. The molecule has 0 saturated heterocycles. The van der Waals surface area contributed by atoms with Crippen LogP contribution >= 0.6 is 15.9 Å². The average molecular weight is 410 g/mol. The summed E-state index contributed by atoms with van der Waals surface area (Å²) in [7, 11) is 1.54. The van der Waals surface area contributed by atoms with Crippen molar-refractivity contribution in [3.63, 3.8) is 0 Å². The summed E-state index contributed by atoms with van der Waals surface area (Å²) in [6, 6.07) is 11.2. The lowest BCUT2D eigenvalue weighted by Gasteiger charge is -2.15. The predicted octanol–water partition coefficient (Wildman–Crippen LogP) is 3.46. The second kappa shape index (κ2) is 8.62. The fourth-order valence-electron chi connectivity index (χ4n) is 2.11. The third-order valence-corrected chi connectivity index (χ3v) is 3.94. The van der Waals surface area contributed by atoms with Crippen molar-refractivity contribution in [3.05, 3.63) is 63.9 Å². The highest BCUT2D eigenvalue weighted by atomic mass is 79.9. The molecule has 132 valence electrons. The summed E-state index contributed by atoms with van der Waals surface area (Å²) in [5.74, 6) is -1.47. The van der Waals surface area contributed by atoms with Gasteiger partial charge in [0, 0.05) is 16.6 Å². The molecule has 0 radical (unpaired) electrons. The quantitative estimate of drug-likeness (QED) is 0.741. The third kappa shape index (κ3) is 5.03. The highest BCUT2D eigenvalue weighted by Crippen LogP contribution is 2.18. The average Bonchev–Trinajstić information content (AvgIpc) is 2.59. The number of hydrogen-bond donors (Lipinski definition) is 1. The summed E-state index contributed by atoms with van der Waals surface area (Å²) in [5, 5.41) is 2.66. The van der Waals surface area contributed by atoms with Gasteiger partial charge < -0.3 is 14.8 Å². The fourth-order valence-corrected chi connectivity index (χ4v) is 2.44. The van der Waals surface area contributed by atoms with Gasteiger partial charge in [0.1, 0.15) is 11.6 Å². The molecule has 0 bridgehead atoms. The van der Waals surface area contributed by atoms with E-state index < -0.39 is 23.8 Å². The topological polar surface area (TPSA) is 64.6 Å². The van der Waals surface area contributed by atoms with Gasteiger partial charge in [-0.3, -0.25) is 4.79 Å². The maximum absolute atomic E-state index is 13.8. The fraction of sp³-hybridized carbons (Fsp3) is 0.222. The number of rotatable bonds is 6. The Morgan fingerprint density at radius 2 is 1.96 bits per heavy atom. The lowest BCUT2D eigenvalue weighted by atomic mass is 10.2. The molecule has 25 heavy (non-hydrogen) atoms. The molecule has 2 aromatic rings. The van der Waals surface area contributed by atoms with E-state index in [-0.39, 0.29) is 12.1 Å². The largest absolute Gasteiger partial charge is 0.496 e. The van der Waals surface area contributed by atoms with E-state index in [2.05, 4.69) is 21.2 Å². The van der Waals surface area contributed by atoms with Crippen LogP contribution in [0.1, 0.15) is 22.8 Å². The van der Waals surface area contributed by atoms with Gasteiger partial charge in [0.2, 0.25) is 0 Å². The molecule has 0 aliphatic heterocycles. The number of hydrogen-bond acceptors (Lipinski definition) is 4. The molecule has 5 nitrogen and oxygen atoms in total. The van der Waals surface area contributed by atoms with Crippen LogP contribution in [0.25, 0.3) is 0 Å². The molecule has 2 aromatic carbocycles. The minimum atomic E-state index is -1.06. The monoisotopic (exact) mass is 409 g/mol. The second-order valence-electron chi connectivity index (χ2n) is 5.20. The van der Waals surface area contributed by atoms with E-state index in [1.807, 2.05) is 18.2 Å². The van der Waals surface area contributed by atoms with E-state index in [1.54, 1.807) is 6.07 Å². The molecule has 1 amide bonds. The number of halogens is 2. The van der Waals surface area contributed by atoms with E-state index >= 15 is 0 Å². The highest BCUT2D eigenvalue weighted by Gasteiger charge is 2.21. The minimum Gasteiger partial charge on any atom is -0.496 e. The molecule has 0 unspecified atom stereocenters. The maximum Gasteiger partial charge on any atom is 0.341 e. The lowest BCUT2D eigenvalue weighted by molar-refractivity contribution is -0.129. The number of carbonyl (C=O) groups is 2. The molecule has 0 aliphatic carbocycles. The van der Waals surface area contributed by atoms with Gasteiger partial charge in [-0.15, -0.1) is 0 Å². The number of para-hydroxylation sites is 1. The van der Waals surface area contributed by atoms with Crippen molar-refractivity contribution in [1.29, 1.82) is 0 Å². The van der Waals surface area contributed by atoms with Crippen molar-refractivity contribution >= 4 is 27.8 Å². The van der Waals surface area contributed by atoms with E-state index in [0.717, 1.165) is 11.6 Å². The van der Waals surface area contributed by atoms with E-state index in [9.17, 15) is 14.0 Å². The van der Waals surface area contributed by atoms with E-state index in [4.69, 9.17) is 9.47 Å². The number of nitrogens with one attached hydrogen (secondary N) is 1. The minimum absolute atomic E-state index is 0.220. The van der Waals surface area contributed by atoms with Crippen LogP contribution in [0, 0.1) is 5.82 Å². The SMILES string of the molecule is COc1ccccc1CNC(=O)[C@H](C)OC(=O)c1ccc(Br)cc1F. The number of esters is 1. The molecular formula is C18H17BrFNO4. The Balaban J connectivity index is 1.94. The molecule has 0 spiro atoms. The van der Waals surface area contributed by atoms with Crippen LogP contribution in [0.2, 0.25) is 0 Å². The zero-order valence-corrected chi connectivity index (χ0v) is 15.3. The van der Waals surface area contributed by atoms with Gasteiger partial charge >= 0.3 is 5.97 Å². The second-order valence-corrected chi connectivity index (χ2v) is 6.12. The van der Waals surface area contributed by atoms with Crippen molar-refractivity contribution in [3.8, 4) is 5.75 Å². The normalized spacial score (nSPS) is 11.5. The zero-order chi connectivity index (χ0) is 18.4. The first-order chi connectivity index (χ1) is 11.9. The molecule has 1 N–H and O–H groups in total. The van der Waals surface area contributed by atoms with E-state index in [1.165, 1.54) is 26.2 Å². The van der Waals surface area contributed by atoms with Crippen molar-refractivity contribution < 1.29 is 23.5 Å². The number of methoxy groups -OCH3 is 1. The van der Waals surface area contributed by atoms with Crippen molar-refractivity contribution in [2.45, 2.75) is 19.6 Å². The summed E-state index contributed by atoms with van der Waals surface area (Å²) in [4.78, 5) is 24.1. The zero-order valence-electron chi connectivity index (χ0n) is 13.7. The number of amides is 1. The van der Waals surface area contributed by atoms with Gasteiger partial charge in [-0.05, 0) is 31.2 Å². The Morgan fingerprint density at radius 1 is 1.24 bits per heavy atom. The van der Waals surface area contributed by atoms with Crippen LogP contribution in [0.3, 0.4) is 0 Å². The Kier molecular flexibility index (Phi) is 6.52. The Labute approximate surface area is 153 Å². The van der Waals surface area contributed by atoms with Crippen LogP contribution < -0.4 is 10.1 Å². The number of carbonyl (C=O) groups excluding carboxylic acids is 2. The van der Waals surface area contributed by atoms with Crippen LogP contribution in [0.15, 0.2) is 46.9 Å². The molecular weight excluding hydrogens is 393 g/mol. The molecule has 0 fully saturated rings. The van der Waals surface area contributed by atoms with Gasteiger partial charge in [0.25, 0.3) is 5.91 Å². The summed E-state index contributed by atoms with van der Waals surface area (Å²) in [6.45, 7) is 1.64. The Hall–Kier alpha value is -2.41. The summed E-state index contributed by atoms with van der Waals surface area (Å²) in [6.07, 6.45) is -1.06. The standard InChI is InChI=1S/C18H17BrFNO4/c1-11(25-18(23)14-8-7-13(19)9-15(14)20)17(22)21-10-12-5-3-4-6-16(12)24-2/h3-9,11H,10H2,1-2H3,(H,21,22)/t11-/m0/s1. The molecule has 0 saturated carbocycles. The molecule has 1 atom stereocenters. The molecule has 2 rings (SSSR count). The molecule has 0 aliphatic rings. The summed E-state index contributed by atoms with van der Waals surface area (Å²) in [5.41, 5.74) is 0.559. The maximum atomic E-state index is 13.8. The first-order valence-electron chi connectivity index (χ1n) is 7.48. The molecule has 7 heteroatoms. The van der Waals surface area contributed by atoms with Crippen molar-refractivity contribution in [1.82, 2.24) is 5.32 Å². The van der Waals surface area contributed by atoms with Crippen molar-refractivity contribution in [2.75, 3.05) is 7.11 Å². The number of benzene rings is 2. The van der Waals surface area contributed by atoms with Crippen LogP contribution in [-0.4, -0.2) is 25.1 Å². The van der Waals surface area contributed by atoms with Crippen molar-refractivity contribution in [2.24, 2.45) is 0 Å². The lowest BCUT2D eigenvalue weighted by Crippen LogP contribution is -2.35. The van der Waals surface area contributed by atoms with Crippen LogP contribution in [0.4, 0.5) is 4.39 Å². The third-order valence-electron chi connectivity index (χ3n) is 3.45. The first-order valence-corrected chi connectivity index (χ1v) is 8.27. The Bertz CT molecular complexity index is 781. The molecule has 0 aromatic heterocycles. The smallest absolute Gasteiger partial charge is 0.341 e. The van der Waals surface area contributed by atoms with Gasteiger partial charge in [-0.1, -0.05) is 34.1 Å². The Morgan fingerprint density at radius 3 is 2.64 bits per heavy atom. The van der Waals surface area contributed by atoms with Gasteiger partial charge in [-0.2, -0.15) is 0 Å². The predicted molar refractivity (Wildman–Crippen MR) is 93.8 cm³/mol. The first kappa shape index (κ1) is 18.9. The van der Waals surface area contributed by atoms with Gasteiger partial charge in [0.15, 0.2) is 6.10 Å². The van der Waals surface area contributed by atoms with Crippen LogP contribution in [-0.2, 0) is 16.1 Å². The summed E-state index contributed by atoms with van der Waals surface area (Å²) < 4.78 is 24.5. The van der Waals surface area contributed by atoms with Gasteiger partial charge in [0.05, 0.1) is 12.7 Å². The number of ether oxygens (including phenoxy) is 2. The highest BCUT2D eigenvalue weighted by molar-refractivity contribution is 9.10. The van der Waals surface area contributed by atoms with E-state index in [0.29, 0.717) is 10.2 Å². The summed E-state index contributed by atoms with van der Waals surface area (Å²) >= 11 is 3.11.